The van der Waals surface area contributed by atoms with Gasteiger partial charge in [-0.15, -0.1) is 0 Å². The van der Waals surface area contributed by atoms with E-state index in [4.69, 9.17) is 4.74 Å². The second-order valence-corrected chi connectivity index (χ2v) is 10.3. The molecule has 8 nitrogen and oxygen atoms in total. The van der Waals surface area contributed by atoms with Gasteiger partial charge in [-0.1, -0.05) is 78.9 Å². The van der Waals surface area contributed by atoms with Gasteiger partial charge in [0.2, 0.25) is 0 Å². The molecule has 1 aliphatic heterocycles. The molecule has 0 atom stereocenters. The summed E-state index contributed by atoms with van der Waals surface area (Å²) in [6, 6.07) is 31.5. The number of carbonyl (C=O) groups is 3. The molecule has 0 bridgehead atoms. The van der Waals surface area contributed by atoms with E-state index in [0.717, 1.165) is 27.7 Å². The number of piperazine rings is 1. The molecule has 1 fully saturated rings. The molecule has 214 valence electrons. The number of benzene rings is 4. The van der Waals surface area contributed by atoms with Gasteiger partial charge < -0.3 is 14.5 Å². The third-order valence-electron chi connectivity index (χ3n) is 7.54. The lowest BCUT2D eigenvalue weighted by Gasteiger charge is -2.35. The number of aromatic amines is 1. The molecule has 0 radical (unpaired) electrons. The minimum Gasteiger partial charge on any atom is -0.457 e. The Balaban J connectivity index is 1.05. The number of H-pyrrole nitrogens is 1. The van der Waals surface area contributed by atoms with Crippen LogP contribution in [0.4, 0.5) is 0 Å². The van der Waals surface area contributed by atoms with E-state index >= 15 is 0 Å². The molecule has 0 saturated carbocycles. The van der Waals surface area contributed by atoms with Gasteiger partial charge in [-0.05, 0) is 47.5 Å². The Hall–Kier alpha value is -5.50. The molecule has 0 spiro atoms. The number of nitrogens with zero attached hydrogens (tertiary/aromatic N) is 3. The van der Waals surface area contributed by atoms with Crippen molar-refractivity contribution < 1.29 is 19.1 Å². The first-order valence-corrected chi connectivity index (χ1v) is 14.2. The molecule has 0 unspecified atom stereocenters. The number of hydrogen-bond donors (Lipinski definition) is 1. The summed E-state index contributed by atoms with van der Waals surface area (Å²) in [6.45, 7) is 1.67. The number of amides is 2. The second kappa shape index (κ2) is 12.6. The maximum Gasteiger partial charge on any atom is 0.339 e. The molecule has 5 aromatic rings. The Kier molecular flexibility index (Phi) is 8.08. The van der Waals surface area contributed by atoms with Gasteiger partial charge in [-0.2, -0.15) is 5.10 Å². The number of para-hydroxylation sites is 1. The van der Waals surface area contributed by atoms with Crippen LogP contribution >= 0.6 is 0 Å². The van der Waals surface area contributed by atoms with Crippen molar-refractivity contribution in [3.05, 3.63) is 137 Å². The highest BCUT2D eigenvalue weighted by molar-refractivity contribution is 6.05. The summed E-state index contributed by atoms with van der Waals surface area (Å²) in [5, 5.41) is 8.44. The number of nitrogens with one attached hydrogen (secondary N) is 1. The normalized spacial score (nSPS) is 13.4. The molecular formula is C35H30N4O4. The maximum absolute atomic E-state index is 13.4. The van der Waals surface area contributed by atoms with E-state index in [1.165, 1.54) is 0 Å². The quantitative estimate of drug-likeness (QED) is 0.254. The van der Waals surface area contributed by atoms with E-state index in [2.05, 4.69) is 10.2 Å². The van der Waals surface area contributed by atoms with Gasteiger partial charge in [0.1, 0.15) is 6.61 Å². The largest absolute Gasteiger partial charge is 0.457 e. The first-order valence-electron chi connectivity index (χ1n) is 14.2. The monoisotopic (exact) mass is 570 g/mol. The average molecular weight is 571 g/mol. The average Bonchev–Trinajstić information content (AvgIpc) is 3.49. The minimum atomic E-state index is -0.544. The van der Waals surface area contributed by atoms with E-state index in [1.54, 1.807) is 34.1 Å². The van der Waals surface area contributed by atoms with E-state index in [0.29, 0.717) is 37.3 Å². The molecule has 2 heterocycles. The molecule has 8 heteroatoms. The Morgan fingerprint density at radius 3 is 2.07 bits per heavy atom. The molecule has 4 aromatic carbocycles. The fourth-order valence-corrected chi connectivity index (χ4v) is 5.14. The number of fused-ring (bicyclic) bond motifs is 1. The Bertz CT molecular complexity index is 1790. The molecule has 0 aliphatic carbocycles. The molecule has 1 aliphatic rings. The zero-order valence-electron chi connectivity index (χ0n) is 23.5. The van der Waals surface area contributed by atoms with Crippen molar-refractivity contribution in [3.8, 4) is 0 Å². The van der Waals surface area contributed by atoms with Crippen molar-refractivity contribution >= 4 is 40.8 Å². The highest BCUT2D eigenvalue weighted by Crippen LogP contribution is 2.19. The predicted octanol–water partition coefficient (Wildman–Crippen LogP) is 5.69. The van der Waals surface area contributed by atoms with Crippen LogP contribution in [-0.4, -0.2) is 64.0 Å². The van der Waals surface area contributed by atoms with Crippen LogP contribution in [0.25, 0.3) is 23.1 Å². The van der Waals surface area contributed by atoms with E-state index in [1.807, 2.05) is 91.0 Å². The molecule has 1 saturated heterocycles. The predicted molar refractivity (Wildman–Crippen MR) is 165 cm³/mol. The van der Waals surface area contributed by atoms with Crippen molar-refractivity contribution in [2.45, 2.75) is 6.61 Å². The van der Waals surface area contributed by atoms with Crippen LogP contribution in [0.3, 0.4) is 0 Å². The number of carbonyl (C=O) groups excluding carboxylic acids is 3. The van der Waals surface area contributed by atoms with Crippen LogP contribution in [0.2, 0.25) is 0 Å². The zero-order valence-corrected chi connectivity index (χ0v) is 23.5. The van der Waals surface area contributed by atoms with Gasteiger partial charge in [0.15, 0.2) is 0 Å². The van der Waals surface area contributed by atoms with Gasteiger partial charge >= 0.3 is 5.97 Å². The fraction of sp³-hybridized carbons (Fsp3) is 0.143. The zero-order chi connectivity index (χ0) is 29.6. The number of hydrogen-bond acceptors (Lipinski definition) is 5. The van der Waals surface area contributed by atoms with Gasteiger partial charge in [-0.25, -0.2) is 4.79 Å². The molecule has 2 amide bonds. The fourth-order valence-electron chi connectivity index (χ4n) is 5.14. The smallest absolute Gasteiger partial charge is 0.339 e. The topological polar surface area (TPSA) is 95.6 Å². The first-order chi connectivity index (χ1) is 21.1. The molecular weight excluding hydrogens is 540 g/mol. The van der Waals surface area contributed by atoms with Crippen LogP contribution in [0, 0.1) is 0 Å². The van der Waals surface area contributed by atoms with Gasteiger partial charge in [-0.3, -0.25) is 14.7 Å². The third kappa shape index (κ3) is 6.23. The Labute approximate surface area is 249 Å². The van der Waals surface area contributed by atoms with Crippen molar-refractivity contribution in [1.29, 1.82) is 0 Å². The Morgan fingerprint density at radius 2 is 1.33 bits per heavy atom. The Morgan fingerprint density at radius 1 is 0.698 bits per heavy atom. The SMILES string of the molecule is O=C(OCc1ccccc1)c1ccccc1C(=O)N1CCN(C(=O)c2ccc(/C=C/c3n[nH]c4ccccc34)cc2)CC1. The summed E-state index contributed by atoms with van der Waals surface area (Å²) in [4.78, 5) is 42.9. The number of rotatable bonds is 7. The summed E-state index contributed by atoms with van der Waals surface area (Å²) in [7, 11) is 0. The number of ether oxygens (including phenoxy) is 1. The van der Waals surface area contributed by atoms with E-state index < -0.39 is 5.97 Å². The summed E-state index contributed by atoms with van der Waals surface area (Å²) in [5.41, 5.74) is 4.79. The van der Waals surface area contributed by atoms with Crippen molar-refractivity contribution in [2.75, 3.05) is 26.2 Å². The maximum atomic E-state index is 13.4. The van der Waals surface area contributed by atoms with Crippen LogP contribution in [0.15, 0.2) is 103 Å². The lowest BCUT2D eigenvalue weighted by Crippen LogP contribution is -2.50. The lowest BCUT2D eigenvalue weighted by atomic mass is 10.1. The van der Waals surface area contributed by atoms with Crippen LogP contribution < -0.4 is 0 Å². The number of esters is 1. The summed E-state index contributed by atoms with van der Waals surface area (Å²) in [5.74, 6) is -0.872. The standard InChI is InChI=1S/C35H30N4O4/c40-33(27-17-14-25(15-18-27)16-19-32-30-12-6-7-13-31(30)36-37-32)38-20-22-39(23-21-38)34(41)28-10-4-5-11-29(28)35(42)43-24-26-8-2-1-3-9-26/h1-19H,20-24H2,(H,36,37)/b19-16+. The summed E-state index contributed by atoms with van der Waals surface area (Å²) < 4.78 is 5.48. The molecule has 6 rings (SSSR count). The van der Waals surface area contributed by atoms with Gasteiger partial charge in [0, 0.05) is 37.1 Å². The van der Waals surface area contributed by atoms with E-state index in [-0.39, 0.29) is 24.0 Å². The van der Waals surface area contributed by atoms with Gasteiger partial charge in [0.05, 0.1) is 22.3 Å². The van der Waals surface area contributed by atoms with Gasteiger partial charge in [0.25, 0.3) is 11.8 Å². The molecule has 43 heavy (non-hydrogen) atoms. The molecule has 1 N–H and O–H groups in total. The van der Waals surface area contributed by atoms with E-state index in [9.17, 15) is 14.4 Å². The summed E-state index contributed by atoms with van der Waals surface area (Å²) >= 11 is 0. The first kappa shape index (κ1) is 27.7. The van der Waals surface area contributed by atoms with Crippen molar-refractivity contribution in [1.82, 2.24) is 20.0 Å². The number of aromatic nitrogens is 2. The third-order valence-corrected chi connectivity index (χ3v) is 7.54. The molecule has 1 aromatic heterocycles. The van der Waals surface area contributed by atoms with Crippen molar-refractivity contribution in [2.24, 2.45) is 0 Å². The van der Waals surface area contributed by atoms with Crippen LogP contribution in [0.1, 0.15) is 47.9 Å². The minimum absolute atomic E-state index is 0.0780. The second-order valence-electron chi connectivity index (χ2n) is 10.3. The van der Waals surface area contributed by atoms with Crippen LogP contribution in [-0.2, 0) is 11.3 Å². The highest BCUT2D eigenvalue weighted by Gasteiger charge is 2.28. The van der Waals surface area contributed by atoms with Crippen LogP contribution in [0.5, 0.6) is 0 Å². The highest BCUT2D eigenvalue weighted by atomic mass is 16.5. The van der Waals surface area contributed by atoms with Crippen molar-refractivity contribution in [3.63, 3.8) is 0 Å². The summed E-state index contributed by atoms with van der Waals surface area (Å²) in [6.07, 6.45) is 3.92. The lowest BCUT2D eigenvalue weighted by molar-refractivity contribution is 0.0460.